The van der Waals surface area contributed by atoms with Crippen LogP contribution in [0.1, 0.15) is 52.4 Å². The van der Waals surface area contributed by atoms with E-state index in [-0.39, 0.29) is 23.9 Å². The second kappa shape index (κ2) is 7.73. The van der Waals surface area contributed by atoms with Crippen LogP contribution in [0.25, 0.3) is 0 Å². The maximum absolute atomic E-state index is 12.7. The van der Waals surface area contributed by atoms with Crippen molar-refractivity contribution in [2.24, 2.45) is 5.41 Å². The molecule has 2 aromatic rings. The van der Waals surface area contributed by atoms with Crippen molar-refractivity contribution < 1.29 is 19.4 Å². The molecule has 1 aromatic carbocycles. The average Bonchev–Trinajstić information content (AvgIpc) is 3.31. The van der Waals surface area contributed by atoms with Crippen molar-refractivity contribution in [3.05, 3.63) is 58.9 Å². The van der Waals surface area contributed by atoms with E-state index in [2.05, 4.69) is 9.88 Å². The topological polar surface area (TPSA) is 83.0 Å². The predicted octanol–water partition coefficient (Wildman–Crippen LogP) is 2.61. The quantitative estimate of drug-likeness (QED) is 0.765. The Morgan fingerprint density at radius 3 is 2.65 bits per heavy atom. The number of fused-ring (bicyclic) bond motifs is 1. The highest BCUT2D eigenvalue weighted by Crippen LogP contribution is 2.43. The number of cyclic esters (lactones) is 1. The summed E-state index contributed by atoms with van der Waals surface area (Å²) in [6.07, 6.45) is 5.30. The number of benzene rings is 1. The van der Waals surface area contributed by atoms with E-state index in [9.17, 15) is 14.7 Å². The molecule has 4 heterocycles. The van der Waals surface area contributed by atoms with Gasteiger partial charge in [0.25, 0.3) is 0 Å². The summed E-state index contributed by atoms with van der Waals surface area (Å²) in [6.45, 7) is 5.26. The number of ether oxygens (including phenoxy) is 1. The molecule has 1 spiro atoms. The zero-order valence-corrected chi connectivity index (χ0v) is 17.7. The van der Waals surface area contributed by atoms with Gasteiger partial charge in [0.05, 0.1) is 11.7 Å². The van der Waals surface area contributed by atoms with Crippen LogP contribution in [0.5, 0.6) is 0 Å². The zero-order chi connectivity index (χ0) is 21.6. The van der Waals surface area contributed by atoms with E-state index >= 15 is 0 Å². The molecule has 3 aliphatic rings. The van der Waals surface area contributed by atoms with Gasteiger partial charge in [0.15, 0.2) is 0 Å². The first kappa shape index (κ1) is 20.2. The number of rotatable bonds is 4. The number of carbonyl (C=O) groups is 2. The smallest absolute Gasteiger partial charge is 0.338 e. The molecule has 0 saturated carbocycles. The molecule has 5 rings (SSSR count). The van der Waals surface area contributed by atoms with E-state index in [4.69, 9.17) is 4.74 Å². The normalized spacial score (nSPS) is 21.4. The van der Waals surface area contributed by atoms with E-state index in [0.717, 1.165) is 54.9 Å². The Morgan fingerprint density at radius 2 is 1.90 bits per heavy atom. The summed E-state index contributed by atoms with van der Waals surface area (Å²) in [7, 11) is 0. The number of β-amino-alcohol motifs (C(OH)–C–C–N with tert-alkyl or cyclic N) is 1. The van der Waals surface area contributed by atoms with Crippen LogP contribution in [0.2, 0.25) is 0 Å². The van der Waals surface area contributed by atoms with E-state index in [1.54, 1.807) is 18.5 Å². The van der Waals surface area contributed by atoms with Crippen LogP contribution in [-0.2, 0) is 16.1 Å². The number of aliphatic hydroxyl groups is 1. The molecule has 0 unspecified atom stereocenters. The molecule has 1 atom stereocenters. The van der Waals surface area contributed by atoms with E-state index in [1.165, 1.54) is 0 Å². The maximum atomic E-state index is 12.7. The molecule has 0 radical (unpaired) electrons. The molecular formula is C24H27N3O4. The lowest BCUT2D eigenvalue weighted by molar-refractivity contribution is -0.118. The Hall–Kier alpha value is -2.77. The third-order valence-electron chi connectivity index (χ3n) is 7.21. The predicted molar refractivity (Wildman–Crippen MR) is 115 cm³/mol. The lowest BCUT2D eigenvalue weighted by atomic mass is 9.77. The molecule has 1 N–H and O–H groups in total. The Kier molecular flexibility index (Phi) is 5.02. The number of aromatic nitrogens is 1. The molecule has 162 valence electrons. The van der Waals surface area contributed by atoms with Gasteiger partial charge in [-0.1, -0.05) is 6.07 Å². The number of anilines is 1. The van der Waals surface area contributed by atoms with Crippen LogP contribution in [0.4, 0.5) is 5.69 Å². The summed E-state index contributed by atoms with van der Waals surface area (Å²) < 4.78 is 5.13. The third-order valence-corrected chi connectivity index (χ3v) is 7.21. The molecule has 31 heavy (non-hydrogen) atoms. The van der Waals surface area contributed by atoms with Gasteiger partial charge in [-0.15, -0.1) is 0 Å². The van der Waals surface area contributed by atoms with Crippen molar-refractivity contribution in [1.29, 1.82) is 0 Å². The number of piperidine rings is 1. The number of pyridine rings is 1. The first-order valence-corrected chi connectivity index (χ1v) is 10.9. The average molecular weight is 421 g/mol. The molecule has 2 saturated heterocycles. The van der Waals surface area contributed by atoms with Crippen molar-refractivity contribution in [1.82, 2.24) is 9.88 Å². The Balaban J connectivity index is 1.22. The first-order valence-electron chi connectivity index (χ1n) is 10.9. The number of carbonyl (C=O) groups excluding carboxylic acids is 2. The molecule has 7 nitrogen and oxygen atoms in total. The fraction of sp³-hybridized carbons (Fsp3) is 0.458. The first-order chi connectivity index (χ1) is 15.0. The van der Waals surface area contributed by atoms with Gasteiger partial charge < -0.3 is 19.6 Å². The zero-order valence-electron chi connectivity index (χ0n) is 17.7. The van der Waals surface area contributed by atoms with Gasteiger partial charge in [-0.3, -0.25) is 9.78 Å². The van der Waals surface area contributed by atoms with Crippen LogP contribution in [0.15, 0.2) is 36.7 Å². The third kappa shape index (κ3) is 3.62. The molecule has 2 fully saturated rings. The summed E-state index contributed by atoms with van der Waals surface area (Å²) >= 11 is 0. The van der Waals surface area contributed by atoms with E-state index < -0.39 is 6.10 Å². The lowest BCUT2D eigenvalue weighted by Crippen LogP contribution is -2.43. The van der Waals surface area contributed by atoms with Crippen LogP contribution in [0, 0.1) is 12.3 Å². The van der Waals surface area contributed by atoms with Gasteiger partial charge in [-0.2, -0.15) is 0 Å². The molecule has 0 aliphatic carbocycles. The van der Waals surface area contributed by atoms with Gasteiger partial charge in [-0.25, -0.2) is 4.79 Å². The standard InChI is InChI=1S/C24H27N3O4/c1-16-18(2-3-19-20(16)14-31-23(19)30)21(28)13-26-10-6-24(7-11-26)12-22(29)27(15-24)17-4-8-25-9-5-17/h2-5,8-9,21,28H,6-7,10-15H2,1H3/t21-/m0/s1. The lowest BCUT2D eigenvalue weighted by Gasteiger charge is -2.39. The number of nitrogens with zero attached hydrogens (tertiary/aromatic N) is 3. The number of likely N-dealkylation sites (tertiary alicyclic amines) is 1. The minimum Gasteiger partial charge on any atom is -0.457 e. The monoisotopic (exact) mass is 421 g/mol. The Morgan fingerprint density at radius 1 is 1.16 bits per heavy atom. The fourth-order valence-corrected chi connectivity index (χ4v) is 5.27. The van der Waals surface area contributed by atoms with Gasteiger partial charge >= 0.3 is 5.97 Å². The summed E-state index contributed by atoms with van der Waals surface area (Å²) in [4.78, 5) is 32.6. The van der Waals surface area contributed by atoms with E-state index in [1.807, 2.05) is 30.0 Å². The molecule has 3 aliphatic heterocycles. The second-order valence-corrected chi connectivity index (χ2v) is 9.06. The van der Waals surface area contributed by atoms with Crippen molar-refractivity contribution >= 4 is 17.6 Å². The van der Waals surface area contributed by atoms with Gasteiger partial charge in [0, 0.05) is 43.2 Å². The molecule has 1 aromatic heterocycles. The Bertz CT molecular complexity index is 1010. The van der Waals surface area contributed by atoms with Crippen LogP contribution >= 0.6 is 0 Å². The second-order valence-electron chi connectivity index (χ2n) is 9.06. The maximum Gasteiger partial charge on any atom is 0.338 e. The van der Waals surface area contributed by atoms with Gasteiger partial charge in [-0.05, 0) is 67.6 Å². The van der Waals surface area contributed by atoms with Crippen LogP contribution in [-0.4, -0.2) is 53.0 Å². The number of amides is 1. The Labute approximate surface area is 181 Å². The summed E-state index contributed by atoms with van der Waals surface area (Å²) in [5.74, 6) is -0.0994. The molecular weight excluding hydrogens is 394 g/mol. The number of hydrogen-bond donors (Lipinski definition) is 1. The molecule has 7 heteroatoms. The SMILES string of the molecule is Cc1c([C@@H](O)CN2CCC3(CC2)CC(=O)N(c2ccncc2)C3)ccc2c1COC2=O. The molecule has 0 bridgehead atoms. The van der Waals surface area contributed by atoms with Crippen molar-refractivity contribution in [2.45, 2.75) is 38.9 Å². The minimum absolute atomic E-state index is 0.0169. The van der Waals surface area contributed by atoms with Crippen molar-refractivity contribution in [3.8, 4) is 0 Å². The summed E-state index contributed by atoms with van der Waals surface area (Å²) in [6, 6.07) is 7.39. The highest BCUT2D eigenvalue weighted by atomic mass is 16.5. The summed E-state index contributed by atoms with van der Waals surface area (Å²) in [5, 5.41) is 10.9. The molecule has 1 amide bonds. The number of esters is 1. The number of hydrogen-bond acceptors (Lipinski definition) is 6. The van der Waals surface area contributed by atoms with Crippen LogP contribution in [0.3, 0.4) is 0 Å². The highest BCUT2D eigenvalue weighted by Gasteiger charge is 2.45. The van der Waals surface area contributed by atoms with Gasteiger partial charge in [0.1, 0.15) is 6.61 Å². The largest absolute Gasteiger partial charge is 0.457 e. The number of aliphatic hydroxyl groups excluding tert-OH is 1. The van der Waals surface area contributed by atoms with Crippen LogP contribution < -0.4 is 4.90 Å². The van der Waals surface area contributed by atoms with Crippen molar-refractivity contribution in [2.75, 3.05) is 31.1 Å². The van der Waals surface area contributed by atoms with E-state index in [0.29, 0.717) is 18.5 Å². The summed E-state index contributed by atoms with van der Waals surface area (Å²) in [5.41, 5.74) is 4.24. The minimum atomic E-state index is -0.617. The highest BCUT2D eigenvalue weighted by molar-refractivity contribution is 5.96. The van der Waals surface area contributed by atoms with Crippen molar-refractivity contribution in [3.63, 3.8) is 0 Å². The fourth-order valence-electron chi connectivity index (χ4n) is 5.27. The van der Waals surface area contributed by atoms with Gasteiger partial charge in [0.2, 0.25) is 5.91 Å².